The van der Waals surface area contributed by atoms with Crippen LogP contribution in [-0.4, -0.2) is 26.8 Å². The summed E-state index contributed by atoms with van der Waals surface area (Å²) >= 11 is 0. The van der Waals surface area contributed by atoms with Crippen LogP contribution in [-0.2, 0) is 4.79 Å². The first-order chi connectivity index (χ1) is 12.5. The minimum Gasteiger partial charge on any atom is -0.481 e. The largest absolute Gasteiger partial charge is 0.481 e. The van der Waals surface area contributed by atoms with E-state index >= 15 is 0 Å². The van der Waals surface area contributed by atoms with Gasteiger partial charge >= 0.3 is 0 Å². The van der Waals surface area contributed by atoms with Crippen molar-refractivity contribution < 1.29 is 9.53 Å². The van der Waals surface area contributed by atoms with Gasteiger partial charge in [0.2, 0.25) is 0 Å². The van der Waals surface area contributed by atoms with Crippen molar-refractivity contribution in [2.24, 2.45) is 0 Å². The van der Waals surface area contributed by atoms with Gasteiger partial charge in [0.05, 0.1) is 11.7 Å². The van der Waals surface area contributed by atoms with Gasteiger partial charge in [-0.25, -0.2) is 9.67 Å². The molecule has 0 fully saturated rings. The van der Waals surface area contributed by atoms with E-state index in [9.17, 15) is 4.79 Å². The molecule has 0 aliphatic rings. The summed E-state index contributed by atoms with van der Waals surface area (Å²) in [5.74, 6) is 0.539. The summed E-state index contributed by atoms with van der Waals surface area (Å²) in [5, 5.41) is 7.08. The monoisotopic (exact) mass is 350 g/mol. The molecule has 0 spiro atoms. The number of ether oxygens (including phenoxy) is 1. The quantitative estimate of drug-likeness (QED) is 0.741. The van der Waals surface area contributed by atoms with Crippen molar-refractivity contribution in [3.8, 4) is 11.4 Å². The number of carbonyl (C=O) groups excluding carboxylic acids is 1. The number of hydrogen-bond acceptors (Lipinski definition) is 4. The first kappa shape index (κ1) is 17.7. The van der Waals surface area contributed by atoms with E-state index in [1.54, 1.807) is 17.9 Å². The normalized spacial score (nSPS) is 13.0. The highest BCUT2D eigenvalue weighted by atomic mass is 16.5. The van der Waals surface area contributed by atoms with E-state index < -0.39 is 6.10 Å². The predicted molar refractivity (Wildman–Crippen MR) is 99.2 cm³/mol. The number of aryl methyl sites for hydroxylation is 1. The Morgan fingerprint density at radius 2 is 1.92 bits per heavy atom. The van der Waals surface area contributed by atoms with Crippen molar-refractivity contribution in [1.82, 2.24) is 20.1 Å². The molecule has 0 saturated carbocycles. The Balaban J connectivity index is 1.59. The minimum absolute atomic E-state index is 0.129. The fourth-order valence-electron chi connectivity index (χ4n) is 2.62. The number of aromatic nitrogens is 3. The molecule has 26 heavy (non-hydrogen) atoms. The summed E-state index contributed by atoms with van der Waals surface area (Å²) in [7, 11) is 0. The molecule has 0 bridgehead atoms. The summed E-state index contributed by atoms with van der Waals surface area (Å²) in [6, 6.07) is 15.4. The Morgan fingerprint density at radius 3 is 2.58 bits per heavy atom. The molecule has 3 aromatic rings. The lowest BCUT2D eigenvalue weighted by molar-refractivity contribution is -0.127. The van der Waals surface area contributed by atoms with Crippen LogP contribution in [0.25, 0.3) is 5.69 Å². The molecule has 1 N–H and O–H groups in total. The molecule has 1 heterocycles. The molecule has 134 valence electrons. The van der Waals surface area contributed by atoms with Crippen molar-refractivity contribution >= 4 is 5.91 Å². The maximum absolute atomic E-state index is 12.4. The smallest absolute Gasteiger partial charge is 0.261 e. The highest BCUT2D eigenvalue weighted by Crippen LogP contribution is 2.17. The Morgan fingerprint density at radius 1 is 1.15 bits per heavy atom. The fourth-order valence-corrected chi connectivity index (χ4v) is 2.62. The number of amides is 1. The van der Waals surface area contributed by atoms with Crippen molar-refractivity contribution in [1.29, 1.82) is 0 Å². The molecule has 0 radical (unpaired) electrons. The van der Waals surface area contributed by atoms with Gasteiger partial charge in [0.25, 0.3) is 5.91 Å². The summed E-state index contributed by atoms with van der Waals surface area (Å²) < 4.78 is 7.42. The third kappa shape index (κ3) is 4.27. The maximum Gasteiger partial charge on any atom is 0.261 e. The molecule has 6 nitrogen and oxygen atoms in total. The zero-order valence-electron chi connectivity index (χ0n) is 15.1. The lowest BCUT2D eigenvalue weighted by atomic mass is 10.1. The lowest BCUT2D eigenvalue weighted by Crippen LogP contribution is -2.37. The van der Waals surface area contributed by atoms with Crippen molar-refractivity contribution in [2.45, 2.75) is 32.9 Å². The number of carbonyl (C=O) groups is 1. The van der Waals surface area contributed by atoms with Crippen molar-refractivity contribution in [3.05, 3.63) is 72.3 Å². The first-order valence-corrected chi connectivity index (χ1v) is 8.51. The number of benzene rings is 2. The van der Waals surface area contributed by atoms with Gasteiger partial charge in [0.15, 0.2) is 6.10 Å². The zero-order chi connectivity index (χ0) is 18.5. The second-order valence-corrected chi connectivity index (χ2v) is 6.24. The maximum atomic E-state index is 12.4. The van der Waals surface area contributed by atoms with Crippen LogP contribution in [0, 0.1) is 6.92 Å². The molecule has 1 aromatic heterocycles. The second kappa shape index (κ2) is 7.82. The van der Waals surface area contributed by atoms with E-state index in [1.165, 1.54) is 6.33 Å². The van der Waals surface area contributed by atoms with Crippen molar-refractivity contribution in [2.75, 3.05) is 0 Å². The number of nitrogens with one attached hydrogen (secondary N) is 1. The second-order valence-electron chi connectivity index (χ2n) is 6.24. The molecule has 3 rings (SSSR count). The molecule has 0 aliphatic heterocycles. The zero-order valence-corrected chi connectivity index (χ0v) is 15.1. The molecule has 1 amide bonds. The molecule has 2 atom stereocenters. The molecule has 0 saturated heterocycles. The van der Waals surface area contributed by atoms with Gasteiger partial charge in [0, 0.05) is 0 Å². The van der Waals surface area contributed by atoms with E-state index in [0.717, 1.165) is 16.8 Å². The summed E-state index contributed by atoms with van der Waals surface area (Å²) in [6.07, 6.45) is 2.56. The van der Waals surface area contributed by atoms with Crippen LogP contribution >= 0.6 is 0 Å². The van der Waals surface area contributed by atoms with Crippen LogP contribution in [0.5, 0.6) is 5.75 Å². The van der Waals surface area contributed by atoms with Crippen LogP contribution in [0.3, 0.4) is 0 Å². The van der Waals surface area contributed by atoms with Gasteiger partial charge in [-0.1, -0.05) is 24.3 Å². The molecular weight excluding hydrogens is 328 g/mol. The highest BCUT2D eigenvalue weighted by Gasteiger charge is 2.18. The fraction of sp³-hybridized carbons (Fsp3) is 0.250. The van der Waals surface area contributed by atoms with Gasteiger partial charge < -0.3 is 10.1 Å². The van der Waals surface area contributed by atoms with E-state index in [-0.39, 0.29) is 11.9 Å². The van der Waals surface area contributed by atoms with Crippen LogP contribution in [0.4, 0.5) is 0 Å². The SMILES string of the molecule is Cc1cccc(O[C@@H](C)C(=O)N[C@H](C)c2ccc(-n3cncn3)cc2)c1. The number of nitrogens with zero attached hydrogens (tertiary/aromatic N) is 3. The standard InChI is InChI=1S/C20H22N4O2/c1-14-5-4-6-19(11-14)26-16(3)20(25)23-15(2)17-7-9-18(10-8-17)24-13-21-12-22-24/h4-13,15-16H,1-3H3,(H,23,25)/t15-,16+/m1/s1. The van der Waals surface area contributed by atoms with Gasteiger partial charge in [-0.15, -0.1) is 0 Å². The summed E-state index contributed by atoms with van der Waals surface area (Å²) in [4.78, 5) is 16.3. The third-order valence-corrected chi connectivity index (χ3v) is 4.11. The molecule has 0 unspecified atom stereocenters. The molecule has 6 heteroatoms. The average molecular weight is 350 g/mol. The van der Waals surface area contributed by atoms with E-state index in [4.69, 9.17) is 4.74 Å². The summed E-state index contributed by atoms with van der Waals surface area (Å²) in [5.41, 5.74) is 3.02. The van der Waals surface area contributed by atoms with Crippen LogP contribution < -0.4 is 10.1 Å². The van der Waals surface area contributed by atoms with E-state index in [0.29, 0.717) is 5.75 Å². The molecule has 2 aromatic carbocycles. The van der Waals surface area contributed by atoms with E-state index in [2.05, 4.69) is 15.4 Å². The first-order valence-electron chi connectivity index (χ1n) is 8.51. The lowest BCUT2D eigenvalue weighted by Gasteiger charge is -2.19. The van der Waals surface area contributed by atoms with Gasteiger partial charge in [-0.3, -0.25) is 4.79 Å². The Hall–Kier alpha value is -3.15. The summed E-state index contributed by atoms with van der Waals surface area (Å²) in [6.45, 7) is 5.68. The van der Waals surface area contributed by atoms with Crippen LogP contribution in [0.15, 0.2) is 61.2 Å². The highest BCUT2D eigenvalue weighted by molar-refractivity contribution is 5.81. The van der Waals surface area contributed by atoms with Gasteiger partial charge in [-0.2, -0.15) is 5.10 Å². The van der Waals surface area contributed by atoms with Crippen LogP contribution in [0.2, 0.25) is 0 Å². The predicted octanol–water partition coefficient (Wildman–Crippen LogP) is 3.22. The number of rotatable bonds is 6. The average Bonchev–Trinajstić information content (AvgIpc) is 3.16. The minimum atomic E-state index is -0.575. The van der Waals surface area contributed by atoms with E-state index in [1.807, 2.05) is 62.4 Å². The topological polar surface area (TPSA) is 69.0 Å². The molecule has 0 aliphatic carbocycles. The number of hydrogen-bond donors (Lipinski definition) is 1. The Labute approximate surface area is 152 Å². The van der Waals surface area contributed by atoms with Crippen molar-refractivity contribution in [3.63, 3.8) is 0 Å². The Bertz CT molecular complexity index is 860. The van der Waals surface area contributed by atoms with Crippen LogP contribution in [0.1, 0.15) is 31.0 Å². The Kier molecular flexibility index (Phi) is 5.31. The van der Waals surface area contributed by atoms with Gasteiger partial charge in [-0.05, 0) is 56.2 Å². The molecular formula is C20H22N4O2. The van der Waals surface area contributed by atoms with Gasteiger partial charge in [0.1, 0.15) is 18.4 Å². The third-order valence-electron chi connectivity index (χ3n) is 4.11.